The summed E-state index contributed by atoms with van der Waals surface area (Å²) in [6, 6.07) is 0. The molecule has 16 heavy (non-hydrogen) atoms. The first-order valence-electron chi connectivity index (χ1n) is 4.26. The minimum Gasteiger partial charge on any atom is -0.367 e. The Bertz CT molecular complexity index is 425. The summed E-state index contributed by atoms with van der Waals surface area (Å²) in [5.41, 5.74) is -0.265. The Morgan fingerprint density at radius 2 is 1.69 bits per heavy atom. The summed E-state index contributed by atoms with van der Waals surface area (Å²) in [5.74, 6) is 0.0732. The Labute approximate surface area is 94.1 Å². The Morgan fingerprint density at radius 3 is 1.94 bits per heavy atom. The van der Waals surface area contributed by atoms with E-state index in [0.29, 0.717) is 0 Å². The second-order valence-electron chi connectivity index (χ2n) is 2.76. The van der Waals surface area contributed by atoms with Crippen molar-refractivity contribution in [3.63, 3.8) is 0 Å². The molecule has 1 atom stereocenters. The number of nitrogens with zero attached hydrogens (tertiary/aromatic N) is 3. The summed E-state index contributed by atoms with van der Waals surface area (Å²) in [4.78, 5) is 17.8. The molecule has 0 aliphatic heterocycles. The molecule has 1 aromatic rings. The third-order valence-electron chi connectivity index (χ3n) is 1.78. The van der Waals surface area contributed by atoms with Gasteiger partial charge in [-0.2, -0.15) is 9.97 Å². The van der Waals surface area contributed by atoms with E-state index in [1.54, 1.807) is 0 Å². The summed E-state index contributed by atoms with van der Waals surface area (Å²) in [6.45, 7) is 0. The van der Waals surface area contributed by atoms with E-state index in [1.807, 2.05) is 0 Å². The quantitative estimate of drug-likeness (QED) is 0.443. The van der Waals surface area contributed by atoms with Gasteiger partial charge in [-0.15, -0.1) is 0 Å². The Hall–Kier alpha value is -1.77. The fourth-order valence-corrected chi connectivity index (χ4v) is 1.52. The van der Waals surface area contributed by atoms with Crippen LogP contribution in [0.1, 0.15) is 0 Å². The smallest absolute Gasteiger partial charge is 0.353 e. The molecule has 0 aliphatic rings. The number of nitrogens with one attached hydrogen (secondary N) is 2. The van der Waals surface area contributed by atoms with Gasteiger partial charge < -0.3 is 10.6 Å². The fraction of sp³-hybridized carbons (Fsp3) is 0.429. The van der Waals surface area contributed by atoms with Crippen molar-refractivity contribution in [3.05, 3.63) is 10.1 Å². The maximum Gasteiger partial charge on any atom is 0.353 e. The SMILES string of the molecule is CNc1nc(S(C)=O)nc(NC)c1[N+](=O)[O-]. The number of aromatic nitrogens is 2. The first-order chi connectivity index (χ1) is 7.51. The number of hydrogen-bond acceptors (Lipinski definition) is 7. The minimum atomic E-state index is -1.40. The summed E-state index contributed by atoms with van der Waals surface area (Å²) < 4.78 is 11.2. The first-order valence-corrected chi connectivity index (χ1v) is 5.82. The van der Waals surface area contributed by atoms with E-state index in [1.165, 1.54) is 20.4 Å². The number of nitro groups is 1. The van der Waals surface area contributed by atoms with Crippen molar-refractivity contribution in [2.45, 2.75) is 5.16 Å². The zero-order chi connectivity index (χ0) is 12.3. The predicted octanol–water partition coefficient (Wildman–Crippen LogP) is 0.206. The van der Waals surface area contributed by atoms with Crippen molar-refractivity contribution in [2.24, 2.45) is 0 Å². The molecule has 0 aromatic carbocycles. The molecule has 1 aromatic heterocycles. The lowest BCUT2D eigenvalue weighted by Crippen LogP contribution is -2.09. The molecule has 0 bridgehead atoms. The first kappa shape index (κ1) is 12.3. The summed E-state index contributed by atoms with van der Waals surface area (Å²) in [7, 11) is 1.60. The summed E-state index contributed by atoms with van der Waals surface area (Å²) in [5, 5.41) is 16.0. The van der Waals surface area contributed by atoms with Crippen LogP contribution in [0, 0.1) is 10.1 Å². The predicted molar refractivity (Wildman–Crippen MR) is 60.1 cm³/mol. The molecule has 1 heterocycles. The fourth-order valence-electron chi connectivity index (χ4n) is 1.08. The third kappa shape index (κ3) is 2.24. The van der Waals surface area contributed by atoms with Gasteiger partial charge in [-0.1, -0.05) is 0 Å². The van der Waals surface area contributed by atoms with Crippen molar-refractivity contribution < 1.29 is 9.13 Å². The second kappa shape index (κ2) is 4.84. The highest BCUT2D eigenvalue weighted by molar-refractivity contribution is 7.84. The Kier molecular flexibility index (Phi) is 3.72. The lowest BCUT2D eigenvalue weighted by molar-refractivity contribution is -0.383. The van der Waals surface area contributed by atoms with E-state index in [-0.39, 0.29) is 22.5 Å². The molecule has 0 amide bonds. The van der Waals surface area contributed by atoms with Gasteiger partial charge in [-0.05, 0) is 0 Å². The van der Waals surface area contributed by atoms with Crippen molar-refractivity contribution >= 4 is 28.1 Å². The molecule has 0 fully saturated rings. The number of rotatable bonds is 4. The molecule has 88 valence electrons. The van der Waals surface area contributed by atoms with Crippen LogP contribution in [0.4, 0.5) is 17.3 Å². The van der Waals surface area contributed by atoms with E-state index in [9.17, 15) is 14.3 Å². The van der Waals surface area contributed by atoms with Crippen LogP contribution < -0.4 is 10.6 Å². The standard InChI is InChI=1S/C7H11N5O3S/c1-8-5-4(12(13)14)6(9-2)11-7(10-5)16(3)15/h1-3H3,(H2,8,9,10,11). The van der Waals surface area contributed by atoms with Crippen LogP contribution in [-0.2, 0) is 10.8 Å². The average Bonchev–Trinajstić information content (AvgIpc) is 2.26. The van der Waals surface area contributed by atoms with Gasteiger partial charge in [0, 0.05) is 20.4 Å². The van der Waals surface area contributed by atoms with Crippen molar-refractivity contribution in [1.29, 1.82) is 0 Å². The number of anilines is 2. The summed E-state index contributed by atoms with van der Waals surface area (Å²) in [6.07, 6.45) is 1.40. The maximum absolute atomic E-state index is 11.2. The monoisotopic (exact) mass is 245 g/mol. The molecule has 8 nitrogen and oxygen atoms in total. The molecule has 1 unspecified atom stereocenters. The molecule has 0 saturated heterocycles. The molecular weight excluding hydrogens is 234 g/mol. The third-order valence-corrected chi connectivity index (χ3v) is 2.47. The Morgan fingerprint density at radius 1 is 1.25 bits per heavy atom. The van der Waals surface area contributed by atoms with E-state index in [4.69, 9.17) is 0 Å². The topological polar surface area (TPSA) is 110 Å². The lowest BCUT2D eigenvalue weighted by Gasteiger charge is -2.07. The molecule has 0 aliphatic carbocycles. The zero-order valence-corrected chi connectivity index (χ0v) is 9.79. The average molecular weight is 245 g/mol. The molecule has 2 N–H and O–H groups in total. The molecule has 1 rings (SSSR count). The molecule has 9 heteroatoms. The van der Waals surface area contributed by atoms with Gasteiger partial charge in [0.25, 0.3) is 0 Å². The van der Waals surface area contributed by atoms with Crippen LogP contribution >= 0.6 is 0 Å². The molecule has 0 radical (unpaired) electrons. The van der Waals surface area contributed by atoms with Gasteiger partial charge in [-0.3, -0.25) is 14.3 Å². The normalized spacial score (nSPS) is 11.9. The van der Waals surface area contributed by atoms with E-state index >= 15 is 0 Å². The van der Waals surface area contributed by atoms with E-state index < -0.39 is 15.7 Å². The minimum absolute atomic E-state index is 0.0366. The van der Waals surface area contributed by atoms with Gasteiger partial charge in [0.1, 0.15) is 0 Å². The van der Waals surface area contributed by atoms with Crippen LogP contribution in [0.3, 0.4) is 0 Å². The van der Waals surface area contributed by atoms with E-state index in [0.717, 1.165) is 0 Å². The van der Waals surface area contributed by atoms with Crippen molar-refractivity contribution in [2.75, 3.05) is 31.0 Å². The Balaban J connectivity index is 3.49. The van der Waals surface area contributed by atoms with Crippen LogP contribution in [0.15, 0.2) is 5.16 Å². The van der Waals surface area contributed by atoms with Gasteiger partial charge in [-0.25, -0.2) is 0 Å². The van der Waals surface area contributed by atoms with E-state index in [2.05, 4.69) is 20.6 Å². The number of hydrogen-bond donors (Lipinski definition) is 2. The van der Waals surface area contributed by atoms with Gasteiger partial charge in [0.15, 0.2) is 0 Å². The highest BCUT2D eigenvalue weighted by atomic mass is 32.2. The highest BCUT2D eigenvalue weighted by Gasteiger charge is 2.24. The van der Waals surface area contributed by atoms with Crippen LogP contribution in [0.2, 0.25) is 0 Å². The highest BCUT2D eigenvalue weighted by Crippen LogP contribution is 2.29. The van der Waals surface area contributed by atoms with Crippen LogP contribution in [0.25, 0.3) is 0 Å². The van der Waals surface area contributed by atoms with Gasteiger partial charge in [0.05, 0.1) is 15.7 Å². The van der Waals surface area contributed by atoms with Crippen molar-refractivity contribution in [3.8, 4) is 0 Å². The summed E-state index contributed by atoms with van der Waals surface area (Å²) >= 11 is 0. The van der Waals surface area contributed by atoms with Crippen molar-refractivity contribution in [1.82, 2.24) is 9.97 Å². The van der Waals surface area contributed by atoms with Crippen LogP contribution in [-0.4, -0.2) is 39.5 Å². The maximum atomic E-state index is 11.2. The molecule has 0 spiro atoms. The second-order valence-corrected chi connectivity index (χ2v) is 4.04. The zero-order valence-electron chi connectivity index (χ0n) is 8.97. The largest absolute Gasteiger partial charge is 0.367 e. The molecule has 0 saturated carbocycles. The van der Waals surface area contributed by atoms with Gasteiger partial charge >= 0.3 is 5.69 Å². The lowest BCUT2D eigenvalue weighted by atomic mass is 10.4. The van der Waals surface area contributed by atoms with Crippen LogP contribution in [0.5, 0.6) is 0 Å². The molecular formula is C7H11N5O3S. The van der Waals surface area contributed by atoms with Gasteiger partial charge in [0.2, 0.25) is 16.8 Å².